The van der Waals surface area contributed by atoms with Crippen molar-refractivity contribution in [2.75, 3.05) is 6.54 Å². The van der Waals surface area contributed by atoms with Crippen LogP contribution in [0.1, 0.15) is 55.6 Å². The van der Waals surface area contributed by atoms with Gasteiger partial charge in [0.1, 0.15) is 16.4 Å². The van der Waals surface area contributed by atoms with Crippen LogP contribution in [0.15, 0.2) is 9.31 Å². The number of aryl methyl sites for hydroxylation is 2. The van der Waals surface area contributed by atoms with Crippen LogP contribution in [0.3, 0.4) is 0 Å². The predicted octanol–water partition coefficient (Wildman–Crippen LogP) is 2.64. The molecule has 1 aliphatic carbocycles. The normalized spacial score (nSPS) is 16.7. The number of aliphatic hydroxyl groups is 1. The number of furan rings is 1. The van der Waals surface area contributed by atoms with E-state index in [9.17, 15) is 13.5 Å². The molecule has 1 fully saturated rings. The van der Waals surface area contributed by atoms with Gasteiger partial charge in [-0.1, -0.05) is 25.7 Å². The van der Waals surface area contributed by atoms with E-state index in [4.69, 9.17) is 4.42 Å². The van der Waals surface area contributed by atoms with Gasteiger partial charge in [0.2, 0.25) is 10.0 Å². The molecule has 0 amide bonds. The number of sulfonamides is 1. The van der Waals surface area contributed by atoms with Crippen LogP contribution in [0.4, 0.5) is 0 Å². The lowest BCUT2D eigenvalue weighted by molar-refractivity contribution is 0.276. The van der Waals surface area contributed by atoms with Gasteiger partial charge in [-0.3, -0.25) is 0 Å². The second-order valence-electron chi connectivity index (χ2n) is 5.87. The fourth-order valence-electron chi connectivity index (χ4n) is 3.21. The maximum Gasteiger partial charge on any atom is 0.244 e. The van der Waals surface area contributed by atoms with Gasteiger partial charge in [-0.15, -0.1) is 0 Å². The molecular formula is C15H25NO4S. The Morgan fingerprint density at radius 2 is 1.90 bits per heavy atom. The van der Waals surface area contributed by atoms with Crippen LogP contribution in [0.5, 0.6) is 0 Å². The van der Waals surface area contributed by atoms with Crippen LogP contribution in [-0.4, -0.2) is 20.1 Å². The van der Waals surface area contributed by atoms with Crippen molar-refractivity contribution in [1.29, 1.82) is 0 Å². The minimum atomic E-state index is -3.61. The molecule has 5 nitrogen and oxygen atoms in total. The van der Waals surface area contributed by atoms with Gasteiger partial charge in [0.05, 0.1) is 6.61 Å². The second-order valence-corrected chi connectivity index (χ2v) is 7.57. The number of rotatable bonds is 7. The maximum absolute atomic E-state index is 12.4. The standard InChI is InChI=1S/C15H25NO4S/c1-11-14(10-17)15(12(2)20-11)21(18,19)16-9-5-8-13-6-3-4-7-13/h13,16-17H,3-10H2,1-2H3. The molecule has 21 heavy (non-hydrogen) atoms. The SMILES string of the molecule is Cc1oc(C)c(S(=O)(=O)NCCCC2CCCC2)c1CO. The van der Waals surface area contributed by atoms with Crippen molar-refractivity contribution in [3.63, 3.8) is 0 Å². The summed E-state index contributed by atoms with van der Waals surface area (Å²) >= 11 is 0. The third kappa shape index (κ3) is 3.87. The molecule has 0 bridgehead atoms. The molecule has 1 aromatic heterocycles. The van der Waals surface area contributed by atoms with E-state index in [0.717, 1.165) is 18.8 Å². The van der Waals surface area contributed by atoms with Crippen LogP contribution in [0.2, 0.25) is 0 Å². The number of aliphatic hydroxyl groups excluding tert-OH is 1. The molecule has 2 N–H and O–H groups in total. The lowest BCUT2D eigenvalue weighted by Gasteiger charge is -2.10. The Bertz CT molecular complexity index is 571. The van der Waals surface area contributed by atoms with Crippen molar-refractivity contribution in [3.05, 3.63) is 17.1 Å². The van der Waals surface area contributed by atoms with E-state index in [-0.39, 0.29) is 11.5 Å². The first-order chi connectivity index (χ1) is 9.95. The third-order valence-corrected chi connectivity index (χ3v) is 5.96. The van der Waals surface area contributed by atoms with E-state index < -0.39 is 10.0 Å². The van der Waals surface area contributed by atoms with Crippen LogP contribution in [-0.2, 0) is 16.6 Å². The highest BCUT2D eigenvalue weighted by Gasteiger charge is 2.26. The fourth-order valence-corrected chi connectivity index (χ4v) is 4.72. The molecular weight excluding hydrogens is 290 g/mol. The van der Waals surface area contributed by atoms with E-state index in [1.54, 1.807) is 13.8 Å². The number of nitrogens with one attached hydrogen (secondary N) is 1. The van der Waals surface area contributed by atoms with Gasteiger partial charge in [0.15, 0.2) is 0 Å². The Kier molecular flexibility index (Phi) is 5.46. The Morgan fingerprint density at radius 3 is 2.52 bits per heavy atom. The van der Waals surface area contributed by atoms with Crippen molar-refractivity contribution in [1.82, 2.24) is 4.72 Å². The highest BCUT2D eigenvalue weighted by atomic mass is 32.2. The third-order valence-electron chi connectivity index (χ3n) is 4.31. The monoisotopic (exact) mass is 315 g/mol. The molecule has 0 aliphatic heterocycles. The van der Waals surface area contributed by atoms with Gasteiger partial charge in [0.25, 0.3) is 0 Å². The molecule has 0 atom stereocenters. The Hall–Kier alpha value is -0.850. The van der Waals surface area contributed by atoms with Crippen molar-refractivity contribution in [2.24, 2.45) is 5.92 Å². The van der Waals surface area contributed by atoms with Crippen molar-refractivity contribution in [2.45, 2.75) is 63.9 Å². The summed E-state index contributed by atoms with van der Waals surface area (Å²) in [6.07, 6.45) is 7.11. The van der Waals surface area contributed by atoms with E-state index in [0.29, 0.717) is 23.6 Å². The highest BCUT2D eigenvalue weighted by molar-refractivity contribution is 7.89. The molecule has 120 valence electrons. The van der Waals surface area contributed by atoms with Crippen LogP contribution in [0, 0.1) is 19.8 Å². The minimum absolute atomic E-state index is 0.100. The molecule has 0 unspecified atom stereocenters. The van der Waals surface area contributed by atoms with E-state index in [1.807, 2.05) is 0 Å². The van der Waals surface area contributed by atoms with Crippen molar-refractivity contribution < 1.29 is 17.9 Å². The number of hydrogen-bond acceptors (Lipinski definition) is 4. The Labute approximate surface area is 126 Å². The molecule has 0 spiro atoms. The molecule has 1 heterocycles. The quantitative estimate of drug-likeness (QED) is 0.758. The summed E-state index contributed by atoms with van der Waals surface area (Å²) < 4.78 is 32.7. The van der Waals surface area contributed by atoms with Gasteiger partial charge in [-0.25, -0.2) is 13.1 Å². The smallest absolute Gasteiger partial charge is 0.244 e. The lowest BCUT2D eigenvalue weighted by Crippen LogP contribution is -2.26. The summed E-state index contributed by atoms with van der Waals surface area (Å²) in [5, 5.41) is 9.34. The van der Waals surface area contributed by atoms with Gasteiger partial charge in [-0.2, -0.15) is 0 Å². The zero-order valence-electron chi connectivity index (χ0n) is 12.8. The van der Waals surface area contributed by atoms with E-state index in [1.165, 1.54) is 25.7 Å². The van der Waals surface area contributed by atoms with Crippen LogP contribution < -0.4 is 4.72 Å². The zero-order valence-corrected chi connectivity index (χ0v) is 13.6. The minimum Gasteiger partial charge on any atom is -0.465 e. The Morgan fingerprint density at radius 1 is 1.24 bits per heavy atom. The number of hydrogen-bond donors (Lipinski definition) is 2. The van der Waals surface area contributed by atoms with Gasteiger partial charge in [0, 0.05) is 12.1 Å². The zero-order chi connectivity index (χ0) is 15.5. The van der Waals surface area contributed by atoms with Crippen LogP contribution in [0.25, 0.3) is 0 Å². The molecule has 1 saturated carbocycles. The fraction of sp³-hybridized carbons (Fsp3) is 0.733. The molecule has 2 rings (SSSR count). The first-order valence-corrected chi connectivity index (χ1v) is 9.13. The topological polar surface area (TPSA) is 79.5 Å². The largest absolute Gasteiger partial charge is 0.465 e. The van der Waals surface area contributed by atoms with Gasteiger partial charge >= 0.3 is 0 Å². The summed E-state index contributed by atoms with van der Waals surface area (Å²) in [6, 6.07) is 0. The Balaban J connectivity index is 1.95. The highest BCUT2D eigenvalue weighted by Crippen LogP contribution is 2.29. The summed E-state index contributed by atoms with van der Waals surface area (Å²) in [7, 11) is -3.61. The molecule has 1 aliphatic rings. The lowest BCUT2D eigenvalue weighted by atomic mass is 10.0. The summed E-state index contributed by atoms with van der Waals surface area (Å²) in [5.74, 6) is 1.56. The summed E-state index contributed by atoms with van der Waals surface area (Å²) in [4.78, 5) is 0.100. The molecule has 0 radical (unpaired) electrons. The summed E-state index contributed by atoms with van der Waals surface area (Å²) in [6.45, 7) is 3.38. The van der Waals surface area contributed by atoms with Crippen LogP contribution >= 0.6 is 0 Å². The van der Waals surface area contributed by atoms with E-state index in [2.05, 4.69) is 4.72 Å². The summed E-state index contributed by atoms with van der Waals surface area (Å²) in [5.41, 5.74) is 0.357. The first-order valence-electron chi connectivity index (χ1n) is 7.65. The first kappa shape index (κ1) is 16.5. The van der Waals surface area contributed by atoms with Crippen molar-refractivity contribution in [3.8, 4) is 0 Å². The average molecular weight is 315 g/mol. The van der Waals surface area contributed by atoms with Gasteiger partial charge in [-0.05, 0) is 32.6 Å². The molecule has 0 aromatic carbocycles. The second kappa shape index (κ2) is 6.94. The predicted molar refractivity (Wildman–Crippen MR) is 80.5 cm³/mol. The van der Waals surface area contributed by atoms with Gasteiger partial charge < -0.3 is 9.52 Å². The molecule has 6 heteroatoms. The van der Waals surface area contributed by atoms with E-state index >= 15 is 0 Å². The average Bonchev–Trinajstić information content (AvgIpc) is 3.02. The van der Waals surface area contributed by atoms with Crippen molar-refractivity contribution >= 4 is 10.0 Å². The maximum atomic E-state index is 12.4. The molecule has 0 saturated heterocycles. The molecule has 1 aromatic rings.